The Balaban J connectivity index is 2.51. The lowest BCUT2D eigenvalue weighted by atomic mass is 9.96. The SMILES string of the molecule is CC(C)(C)OC(=O)Nc1ccc(-c2c(C#N)c(N)[nH]c(=O)c2C#N)cc1F. The predicted molar refractivity (Wildman–Crippen MR) is 96.2 cm³/mol. The van der Waals surface area contributed by atoms with E-state index in [1.54, 1.807) is 32.9 Å². The van der Waals surface area contributed by atoms with Gasteiger partial charge in [-0.25, -0.2) is 9.18 Å². The maximum absolute atomic E-state index is 14.4. The molecule has 0 aliphatic carbocycles. The number of rotatable bonds is 2. The number of benzene rings is 1. The van der Waals surface area contributed by atoms with Gasteiger partial charge in [0.05, 0.1) is 5.69 Å². The summed E-state index contributed by atoms with van der Waals surface area (Å²) in [6.07, 6.45) is -0.843. The molecule has 1 aromatic heterocycles. The molecule has 0 radical (unpaired) electrons. The van der Waals surface area contributed by atoms with Gasteiger partial charge in [0.25, 0.3) is 5.56 Å². The molecule has 0 bridgehead atoms. The van der Waals surface area contributed by atoms with Gasteiger partial charge in [0.15, 0.2) is 0 Å². The average Bonchev–Trinajstić information content (AvgIpc) is 2.54. The van der Waals surface area contributed by atoms with Gasteiger partial charge in [-0.15, -0.1) is 0 Å². The molecule has 9 heteroatoms. The Morgan fingerprint density at radius 3 is 2.41 bits per heavy atom. The van der Waals surface area contributed by atoms with E-state index < -0.39 is 23.1 Å². The molecular weight excluding hydrogens is 353 g/mol. The van der Waals surface area contributed by atoms with Gasteiger partial charge in [-0.2, -0.15) is 10.5 Å². The number of carbonyl (C=O) groups is 1. The fourth-order valence-electron chi connectivity index (χ4n) is 2.32. The zero-order chi connectivity index (χ0) is 20.4. The van der Waals surface area contributed by atoms with E-state index in [1.807, 2.05) is 0 Å². The number of hydrogen-bond donors (Lipinski definition) is 3. The van der Waals surface area contributed by atoms with E-state index in [4.69, 9.17) is 10.5 Å². The predicted octanol–water partition coefficient (Wildman–Crippen LogP) is 2.85. The summed E-state index contributed by atoms with van der Waals surface area (Å²) in [4.78, 5) is 25.9. The number of nitrogens with one attached hydrogen (secondary N) is 2. The zero-order valence-corrected chi connectivity index (χ0v) is 14.8. The van der Waals surface area contributed by atoms with Crippen LogP contribution in [-0.4, -0.2) is 16.7 Å². The van der Waals surface area contributed by atoms with Crippen molar-refractivity contribution in [3.05, 3.63) is 45.5 Å². The van der Waals surface area contributed by atoms with Crippen LogP contribution < -0.4 is 16.6 Å². The summed E-state index contributed by atoms with van der Waals surface area (Å²) in [5.74, 6) is -1.07. The highest BCUT2D eigenvalue weighted by Gasteiger charge is 2.21. The highest BCUT2D eigenvalue weighted by Crippen LogP contribution is 2.30. The first-order chi connectivity index (χ1) is 12.6. The third-order valence-corrected chi connectivity index (χ3v) is 3.36. The minimum absolute atomic E-state index is 0.0797. The first-order valence-electron chi connectivity index (χ1n) is 7.73. The van der Waals surface area contributed by atoms with E-state index in [9.17, 15) is 24.5 Å². The van der Waals surface area contributed by atoms with Crippen LogP contribution in [0.1, 0.15) is 31.9 Å². The van der Waals surface area contributed by atoms with E-state index in [0.717, 1.165) is 6.07 Å². The van der Waals surface area contributed by atoms with Crippen molar-refractivity contribution in [2.45, 2.75) is 26.4 Å². The Kier molecular flexibility index (Phi) is 5.18. The fraction of sp³-hybridized carbons (Fsp3) is 0.222. The Morgan fingerprint density at radius 1 is 1.26 bits per heavy atom. The molecule has 0 spiro atoms. The topological polar surface area (TPSA) is 145 Å². The summed E-state index contributed by atoms with van der Waals surface area (Å²) in [6.45, 7) is 4.99. The average molecular weight is 369 g/mol. The molecule has 0 unspecified atom stereocenters. The van der Waals surface area contributed by atoms with E-state index in [-0.39, 0.29) is 33.8 Å². The maximum Gasteiger partial charge on any atom is 0.412 e. The summed E-state index contributed by atoms with van der Waals surface area (Å²) in [5, 5.41) is 20.8. The lowest BCUT2D eigenvalue weighted by Crippen LogP contribution is -2.27. The summed E-state index contributed by atoms with van der Waals surface area (Å²) in [6, 6.07) is 7.06. The summed E-state index contributed by atoms with van der Waals surface area (Å²) in [5.41, 5.74) is 3.41. The van der Waals surface area contributed by atoms with Crippen molar-refractivity contribution >= 4 is 17.6 Å². The fourth-order valence-corrected chi connectivity index (χ4v) is 2.32. The summed E-state index contributed by atoms with van der Waals surface area (Å²) in [7, 11) is 0. The second-order valence-electron chi connectivity index (χ2n) is 6.54. The number of carbonyl (C=O) groups excluding carboxylic acids is 1. The second kappa shape index (κ2) is 7.18. The molecule has 1 amide bonds. The van der Waals surface area contributed by atoms with Crippen LogP contribution in [0.3, 0.4) is 0 Å². The number of H-pyrrole nitrogens is 1. The molecule has 1 aromatic carbocycles. The molecule has 8 nitrogen and oxygen atoms in total. The number of nitriles is 2. The van der Waals surface area contributed by atoms with Crippen molar-refractivity contribution in [1.29, 1.82) is 10.5 Å². The Hall–Kier alpha value is -3.85. The zero-order valence-electron chi connectivity index (χ0n) is 14.8. The number of nitrogens with two attached hydrogens (primary N) is 1. The van der Waals surface area contributed by atoms with E-state index in [1.165, 1.54) is 12.1 Å². The summed E-state index contributed by atoms with van der Waals surface area (Å²) >= 11 is 0. The summed E-state index contributed by atoms with van der Waals surface area (Å²) < 4.78 is 19.5. The molecule has 0 atom stereocenters. The van der Waals surface area contributed by atoms with E-state index in [2.05, 4.69) is 10.3 Å². The highest BCUT2D eigenvalue weighted by atomic mass is 19.1. The quantitative estimate of drug-likeness (QED) is 0.742. The van der Waals surface area contributed by atoms with E-state index in [0.29, 0.717) is 0 Å². The van der Waals surface area contributed by atoms with Crippen molar-refractivity contribution in [2.75, 3.05) is 11.1 Å². The molecule has 0 saturated heterocycles. The smallest absolute Gasteiger partial charge is 0.412 e. The Labute approximate surface area is 154 Å². The minimum Gasteiger partial charge on any atom is -0.444 e. The molecule has 138 valence electrons. The van der Waals surface area contributed by atoms with Crippen LogP contribution in [0.2, 0.25) is 0 Å². The first-order valence-corrected chi connectivity index (χ1v) is 7.73. The second-order valence-corrected chi connectivity index (χ2v) is 6.54. The van der Waals surface area contributed by atoms with Crippen LogP contribution in [0.4, 0.5) is 20.7 Å². The van der Waals surface area contributed by atoms with Crippen LogP contribution in [0, 0.1) is 28.5 Å². The first kappa shape index (κ1) is 19.5. The number of halogens is 1. The van der Waals surface area contributed by atoms with Crippen molar-refractivity contribution in [3.8, 4) is 23.3 Å². The van der Waals surface area contributed by atoms with Gasteiger partial charge in [0.2, 0.25) is 0 Å². The minimum atomic E-state index is -0.843. The van der Waals surface area contributed by atoms with Crippen molar-refractivity contribution < 1.29 is 13.9 Å². The number of anilines is 2. The number of amides is 1. The molecule has 0 saturated carbocycles. The van der Waals surface area contributed by atoms with Crippen LogP contribution >= 0.6 is 0 Å². The number of nitrogens with zero attached hydrogens (tertiary/aromatic N) is 2. The van der Waals surface area contributed by atoms with Crippen LogP contribution in [0.15, 0.2) is 23.0 Å². The number of ether oxygens (including phenoxy) is 1. The van der Waals surface area contributed by atoms with Gasteiger partial charge >= 0.3 is 6.09 Å². The largest absolute Gasteiger partial charge is 0.444 e. The number of nitrogen functional groups attached to an aromatic ring is 1. The molecule has 2 aromatic rings. The normalized spacial score (nSPS) is 10.6. The monoisotopic (exact) mass is 369 g/mol. The van der Waals surface area contributed by atoms with Gasteiger partial charge < -0.3 is 15.5 Å². The molecule has 2 rings (SSSR count). The maximum atomic E-state index is 14.4. The molecule has 27 heavy (non-hydrogen) atoms. The van der Waals surface area contributed by atoms with Crippen LogP contribution in [-0.2, 0) is 4.74 Å². The van der Waals surface area contributed by atoms with E-state index >= 15 is 0 Å². The standard InChI is InChI=1S/C18H16FN5O3/c1-18(2,3)27-17(26)23-13-5-4-9(6-12(13)19)14-10(7-20)15(22)24-16(25)11(14)8-21/h4-6H,1-3H3,(H,23,26)(H3,22,24,25). The lowest BCUT2D eigenvalue weighted by Gasteiger charge is -2.20. The van der Waals surface area contributed by atoms with Crippen molar-refractivity contribution in [3.63, 3.8) is 0 Å². The lowest BCUT2D eigenvalue weighted by molar-refractivity contribution is 0.0635. The van der Waals surface area contributed by atoms with Gasteiger partial charge in [0.1, 0.15) is 40.5 Å². The third kappa shape index (κ3) is 4.22. The van der Waals surface area contributed by atoms with Gasteiger partial charge in [0, 0.05) is 5.56 Å². The number of aromatic amines is 1. The number of aromatic nitrogens is 1. The molecule has 4 N–H and O–H groups in total. The molecule has 0 fully saturated rings. The number of pyridine rings is 1. The highest BCUT2D eigenvalue weighted by molar-refractivity contribution is 5.86. The number of hydrogen-bond acceptors (Lipinski definition) is 6. The van der Waals surface area contributed by atoms with Gasteiger partial charge in [-0.05, 0) is 38.5 Å². The molecular formula is C18H16FN5O3. The van der Waals surface area contributed by atoms with Crippen LogP contribution in [0.5, 0.6) is 0 Å². The van der Waals surface area contributed by atoms with Crippen molar-refractivity contribution in [1.82, 2.24) is 4.98 Å². The Morgan fingerprint density at radius 2 is 1.89 bits per heavy atom. The van der Waals surface area contributed by atoms with Gasteiger partial charge in [-0.1, -0.05) is 6.07 Å². The van der Waals surface area contributed by atoms with Gasteiger partial charge in [-0.3, -0.25) is 10.1 Å². The molecule has 1 heterocycles. The van der Waals surface area contributed by atoms with Crippen molar-refractivity contribution in [2.24, 2.45) is 0 Å². The molecule has 0 aliphatic heterocycles. The van der Waals surface area contributed by atoms with Crippen LogP contribution in [0.25, 0.3) is 11.1 Å². The Bertz CT molecular complexity index is 1050. The molecule has 0 aliphatic rings. The third-order valence-electron chi connectivity index (χ3n) is 3.36.